The van der Waals surface area contributed by atoms with E-state index in [2.05, 4.69) is 0 Å². The Bertz CT molecular complexity index is 593. The van der Waals surface area contributed by atoms with Gasteiger partial charge in [0.05, 0.1) is 0 Å². The summed E-state index contributed by atoms with van der Waals surface area (Å²) in [5.41, 5.74) is 0.314. The van der Waals surface area contributed by atoms with Gasteiger partial charge in [0, 0.05) is 39.5 Å². The molecule has 0 aliphatic rings. The summed E-state index contributed by atoms with van der Waals surface area (Å²) in [5, 5.41) is 5.13. The summed E-state index contributed by atoms with van der Waals surface area (Å²) in [6.45, 7) is 4.83. The van der Waals surface area contributed by atoms with Crippen molar-refractivity contribution < 1.29 is 17.9 Å². The monoisotopic (exact) mass is 317 g/mol. The summed E-state index contributed by atoms with van der Waals surface area (Å²) < 4.78 is 29.5. The maximum absolute atomic E-state index is 12.4. The van der Waals surface area contributed by atoms with E-state index in [1.54, 1.807) is 23.6 Å². The van der Waals surface area contributed by atoms with Gasteiger partial charge in [0.15, 0.2) is 0 Å². The van der Waals surface area contributed by atoms with Crippen molar-refractivity contribution in [1.29, 1.82) is 0 Å². The van der Waals surface area contributed by atoms with Crippen LogP contribution in [0.1, 0.15) is 36.8 Å². The maximum Gasteiger partial charge on any atom is 0.270 e. The molecule has 120 valence electrons. The molecule has 1 rings (SSSR count). The van der Waals surface area contributed by atoms with Crippen LogP contribution in [0.2, 0.25) is 0 Å². The number of aromatic nitrogens is 1. The Morgan fingerprint density at radius 2 is 2.10 bits per heavy atom. The number of nitrogens with two attached hydrogens (primary N) is 1. The largest absolute Gasteiger partial charge is 0.385 e. The number of sulfonamides is 1. The molecule has 1 amide bonds. The Balaban J connectivity index is 3.05. The van der Waals surface area contributed by atoms with Crippen LogP contribution in [0.15, 0.2) is 17.2 Å². The van der Waals surface area contributed by atoms with E-state index in [9.17, 15) is 13.2 Å². The SMILES string of the molecule is COCCCN(C)C(=O)c1cc(S(N)(=O)=O)cn1C(C)C. The van der Waals surface area contributed by atoms with Gasteiger partial charge in [-0.05, 0) is 26.3 Å². The molecule has 7 nitrogen and oxygen atoms in total. The van der Waals surface area contributed by atoms with Crippen molar-refractivity contribution in [3.05, 3.63) is 18.0 Å². The highest BCUT2D eigenvalue weighted by Gasteiger charge is 2.22. The van der Waals surface area contributed by atoms with Gasteiger partial charge in [-0.15, -0.1) is 0 Å². The predicted molar refractivity (Wildman–Crippen MR) is 79.6 cm³/mol. The van der Waals surface area contributed by atoms with E-state index in [4.69, 9.17) is 9.88 Å². The fourth-order valence-corrected chi connectivity index (χ4v) is 2.49. The van der Waals surface area contributed by atoms with Gasteiger partial charge in [0.1, 0.15) is 10.6 Å². The van der Waals surface area contributed by atoms with Crippen LogP contribution in [0.3, 0.4) is 0 Å². The van der Waals surface area contributed by atoms with Gasteiger partial charge < -0.3 is 14.2 Å². The van der Waals surface area contributed by atoms with E-state index in [1.807, 2.05) is 13.8 Å². The number of rotatable bonds is 7. The van der Waals surface area contributed by atoms with Crippen LogP contribution in [-0.4, -0.2) is 51.1 Å². The number of hydrogen-bond acceptors (Lipinski definition) is 4. The first-order chi connectivity index (χ1) is 9.68. The standard InChI is InChI=1S/C13H23N3O4S/c1-10(2)16-9-11(21(14,18)19)8-12(16)13(17)15(3)6-5-7-20-4/h8-10H,5-7H2,1-4H3,(H2,14,18,19). The van der Waals surface area contributed by atoms with Gasteiger partial charge in [0.25, 0.3) is 5.91 Å². The fourth-order valence-electron chi connectivity index (χ4n) is 1.95. The highest BCUT2D eigenvalue weighted by molar-refractivity contribution is 7.89. The lowest BCUT2D eigenvalue weighted by atomic mass is 10.3. The number of nitrogens with zero attached hydrogens (tertiary/aromatic N) is 2. The van der Waals surface area contributed by atoms with Crippen molar-refractivity contribution in [3.63, 3.8) is 0 Å². The Morgan fingerprint density at radius 3 is 2.57 bits per heavy atom. The van der Waals surface area contributed by atoms with Crippen molar-refractivity contribution in [2.75, 3.05) is 27.3 Å². The molecule has 0 atom stereocenters. The van der Waals surface area contributed by atoms with Gasteiger partial charge >= 0.3 is 0 Å². The van der Waals surface area contributed by atoms with E-state index in [-0.39, 0.29) is 16.8 Å². The predicted octanol–water partition coefficient (Wildman–Crippen LogP) is 0.825. The Morgan fingerprint density at radius 1 is 1.48 bits per heavy atom. The number of methoxy groups -OCH3 is 1. The van der Waals surface area contributed by atoms with Gasteiger partial charge in [0.2, 0.25) is 10.0 Å². The lowest BCUT2D eigenvalue weighted by Gasteiger charge is -2.19. The minimum absolute atomic E-state index is 0.0492. The zero-order chi connectivity index (χ0) is 16.2. The number of carbonyl (C=O) groups excluding carboxylic acids is 1. The Labute approximate surface area is 125 Å². The average Bonchev–Trinajstić information content (AvgIpc) is 2.83. The molecule has 0 aliphatic heterocycles. The molecule has 1 aromatic heterocycles. The van der Waals surface area contributed by atoms with Crippen molar-refractivity contribution in [1.82, 2.24) is 9.47 Å². The number of primary sulfonamides is 1. The normalized spacial score (nSPS) is 11.9. The van der Waals surface area contributed by atoms with E-state index < -0.39 is 10.0 Å². The molecule has 2 N–H and O–H groups in total. The summed E-state index contributed by atoms with van der Waals surface area (Å²) in [6, 6.07) is 1.27. The average molecular weight is 317 g/mol. The highest BCUT2D eigenvalue weighted by atomic mass is 32.2. The summed E-state index contributed by atoms with van der Waals surface area (Å²) >= 11 is 0. The van der Waals surface area contributed by atoms with E-state index >= 15 is 0 Å². The third kappa shape index (κ3) is 4.55. The second kappa shape index (κ2) is 7.06. The molecule has 0 fully saturated rings. The van der Waals surface area contributed by atoms with Crippen molar-refractivity contribution in [3.8, 4) is 0 Å². The van der Waals surface area contributed by atoms with Gasteiger partial charge in [-0.25, -0.2) is 13.6 Å². The van der Waals surface area contributed by atoms with Gasteiger partial charge in [-0.3, -0.25) is 4.79 Å². The lowest BCUT2D eigenvalue weighted by Crippen LogP contribution is -2.30. The number of ether oxygens (including phenoxy) is 1. The molecule has 0 saturated heterocycles. The quantitative estimate of drug-likeness (QED) is 0.753. The smallest absolute Gasteiger partial charge is 0.270 e. The van der Waals surface area contributed by atoms with Crippen LogP contribution in [0.25, 0.3) is 0 Å². The van der Waals surface area contributed by atoms with E-state index in [0.29, 0.717) is 25.3 Å². The molecule has 1 heterocycles. The second-order valence-corrected chi connectivity index (χ2v) is 6.74. The molecular formula is C13H23N3O4S. The zero-order valence-electron chi connectivity index (χ0n) is 12.9. The van der Waals surface area contributed by atoms with Crippen molar-refractivity contribution >= 4 is 15.9 Å². The second-order valence-electron chi connectivity index (χ2n) is 5.18. The summed E-state index contributed by atoms with van der Waals surface area (Å²) in [6.07, 6.45) is 2.11. The molecule has 0 unspecified atom stereocenters. The maximum atomic E-state index is 12.4. The molecule has 0 radical (unpaired) electrons. The lowest BCUT2D eigenvalue weighted by molar-refractivity contribution is 0.0767. The fraction of sp³-hybridized carbons (Fsp3) is 0.615. The number of carbonyl (C=O) groups is 1. The van der Waals surface area contributed by atoms with Crippen LogP contribution in [0.4, 0.5) is 0 Å². The first kappa shape index (κ1) is 17.7. The number of amides is 1. The summed E-state index contributed by atoms with van der Waals surface area (Å²) in [7, 11) is -0.555. The highest BCUT2D eigenvalue weighted by Crippen LogP contribution is 2.19. The molecular weight excluding hydrogens is 294 g/mol. The number of hydrogen-bond donors (Lipinski definition) is 1. The molecule has 8 heteroatoms. The topological polar surface area (TPSA) is 94.6 Å². The molecule has 0 bridgehead atoms. The molecule has 0 spiro atoms. The van der Waals surface area contributed by atoms with Gasteiger partial charge in [-0.1, -0.05) is 0 Å². The first-order valence-corrected chi connectivity index (χ1v) is 8.22. The summed E-state index contributed by atoms with van der Waals surface area (Å²) in [5.74, 6) is -0.241. The van der Waals surface area contributed by atoms with Crippen molar-refractivity contribution in [2.45, 2.75) is 31.2 Å². The van der Waals surface area contributed by atoms with Crippen LogP contribution in [-0.2, 0) is 14.8 Å². The van der Waals surface area contributed by atoms with Crippen LogP contribution in [0.5, 0.6) is 0 Å². The van der Waals surface area contributed by atoms with E-state index in [0.717, 1.165) is 0 Å². The third-order valence-corrected chi connectivity index (χ3v) is 4.00. The Hall–Kier alpha value is -1.38. The Kier molecular flexibility index (Phi) is 5.94. The van der Waals surface area contributed by atoms with Crippen molar-refractivity contribution in [2.24, 2.45) is 5.14 Å². The minimum Gasteiger partial charge on any atom is -0.385 e. The molecule has 21 heavy (non-hydrogen) atoms. The molecule has 0 aliphatic carbocycles. The van der Waals surface area contributed by atoms with Gasteiger partial charge in [-0.2, -0.15) is 0 Å². The van der Waals surface area contributed by atoms with Crippen LogP contribution in [0, 0.1) is 0 Å². The minimum atomic E-state index is -3.83. The summed E-state index contributed by atoms with van der Waals surface area (Å²) in [4.78, 5) is 13.9. The molecule has 0 aromatic carbocycles. The zero-order valence-corrected chi connectivity index (χ0v) is 13.7. The first-order valence-electron chi connectivity index (χ1n) is 6.67. The van der Waals surface area contributed by atoms with Crippen LogP contribution < -0.4 is 5.14 Å². The van der Waals surface area contributed by atoms with E-state index in [1.165, 1.54) is 12.3 Å². The molecule has 0 saturated carbocycles. The third-order valence-electron chi connectivity index (χ3n) is 3.12. The molecule has 1 aromatic rings. The van der Waals surface area contributed by atoms with Crippen LogP contribution >= 0.6 is 0 Å².